The van der Waals surface area contributed by atoms with Gasteiger partial charge in [0.2, 0.25) is 0 Å². The lowest BCUT2D eigenvalue weighted by Gasteiger charge is -2.36. The van der Waals surface area contributed by atoms with E-state index in [4.69, 9.17) is 0 Å². The van der Waals surface area contributed by atoms with E-state index < -0.39 is 41.9 Å². The summed E-state index contributed by atoms with van der Waals surface area (Å²) in [6, 6.07) is 19.3. The summed E-state index contributed by atoms with van der Waals surface area (Å²) in [5.41, 5.74) is 5.00. The number of fused-ring (bicyclic) bond motifs is 4. The van der Waals surface area contributed by atoms with Crippen molar-refractivity contribution in [3.63, 3.8) is 0 Å². The number of carboxylic acid groups (broad SMARTS) is 1. The first kappa shape index (κ1) is 26.3. The molecule has 41 heavy (non-hydrogen) atoms. The van der Waals surface area contributed by atoms with Crippen LogP contribution in [0.1, 0.15) is 65.5 Å². The first-order valence-electron chi connectivity index (χ1n) is 13.7. The Morgan fingerprint density at radius 1 is 0.951 bits per heavy atom. The molecule has 9 nitrogen and oxygen atoms in total. The van der Waals surface area contributed by atoms with Gasteiger partial charge in [-0.15, -0.1) is 0 Å². The van der Waals surface area contributed by atoms with Gasteiger partial charge in [-0.2, -0.15) is 0 Å². The highest BCUT2D eigenvalue weighted by atomic mass is 16.4. The van der Waals surface area contributed by atoms with Gasteiger partial charge in [0, 0.05) is 23.0 Å². The predicted octanol–water partition coefficient (Wildman–Crippen LogP) is 4.98. The number of carbonyl (C=O) groups excluding carboxylic acids is 3. The molecule has 0 aliphatic carbocycles. The van der Waals surface area contributed by atoms with Crippen LogP contribution in [0.5, 0.6) is 0 Å². The Morgan fingerprint density at radius 2 is 1.63 bits per heavy atom. The summed E-state index contributed by atoms with van der Waals surface area (Å²) in [5.74, 6) is -1.97. The van der Waals surface area contributed by atoms with Gasteiger partial charge < -0.3 is 15.4 Å². The van der Waals surface area contributed by atoms with Crippen LogP contribution in [0.25, 0.3) is 10.9 Å². The third-order valence-electron chi connectivity index (χ3n) is 8.08. The number of aliphatic carboxylic acids is 1. The molecule has 0 radical (unpaired) electrons. The van der Waals surface area contributed by atoms with Gasteiger partial charge in [-0.1, -0.05) is 68.4 Å². The summed E-state index contributed by atoms with van der Waals surface area (Å²) in [6.45, 7) is 5.59. The topological polar surface area (TPSA) is 123 Å². The Morgan fingerprint density at radius 3 is 2.34 bits per heavy atom. The van der Waals surface area contributed by atoms with E-state index >= 15 is 0 Å². The van der Waals surface area contributed by atoms with E-state index in [0.29, 0.717) is 12.3 Å². The van der Waals surface area contributed by atoms with Crippen molar-refractivity contribution in [1.29, 1.82) is 0 Å². The molecule has 1 unspecified atom stereocenters. The Balaban J connectivity index is 1.46. The third-order valence-corrected chi connectivity index (χ3v) is 8.08. The molecule has 9 heteroatoms. The smallest absolute Gasteiger partial charge is 0.332 e. The maximum absolute atomic E-state index is 14.2. The fourth-order valence-electron chi connectivity index (χ4n) is 5.90. The molecule has 0 bridgehead atoms. The minimum Gasteiger partial charge on any atom is -0.480 e. The highest BCUT2D eigenvalue weighted by Crippen LogP contribution is 2.45. The molecule has 1 aromatic heterocycles. The lowest BCUT2D eigenvalue weighted by Crippen LogP contribution is -2.44. The molecule has 6 rings (SSSR count). The van der Waals surface area contributed by atoms with E-state index in [0.717, 1.165) is 32.6 Å². The monoisotopic (exact) mass is 550 g/mol. The van der Waals surface area contributed by atoms with Crippen LogP contribution in [0, 0.1) is 0 Å². The summed E-state index contributed by atoms with van der Waals surface area (Å²) in [4.78, 5) is 58.9. The van der Waals surface area contributed by atoms with Crippen molar-refractivity contribution < 1.29 is 24.3 Å². The van der Waals surface area contributed by atoms with Crippen LogP contribution in [0.3, 0.4) is 0 Å². The Kier molecular flexibility index (Phi) is 6.37. The van der Waals surface area contributed by atoms with Crippen LogP contribution < -0.4 is 10.2 Å². The second-order valence-corrected chi connectivity index (χ2v) is 10.9. The number of nitrogens with zero attached hydrogens (tertiary/aromatic N) is 2. The Labute approximate surface area is 236 Å². The van der Waals surface area contributed by atoms with Gasteiger partial charge in [-0.3, -0.25) is 19.3 Å². The second kappa shape index (κ2) is 9.92. The van der Waals surface area contributed by atoms with Crippen LogP contribution in [-0.4, -0.2) is 50.9 Å². The maximum Gasteiger partial charge on any atom is 0.332 e. The summed E-state index contributed by atoms with van der Waals surface area (Å²) in [6.07, 6.45) is 0.325. The average molecular weight is 551 g/mol. The highest BCUT2D eigenvalue weighted by molar-refractivity contribution is 6.24. The third kappa shape index (κ3) is 4.25. The fourth-order valence-corrected chi connectivity index (χ4v) is 5.90. The number of urea groups is 1. The molecule has 3 atom stereocenters. The van der Waals surface area contributed by atoms with E-state index in [2.05, 4.69) is 36.3 Å². The van der Waals surface area contributed by atoms with Crippen molar-refractivity contribution in [3.8, 4) is 0 Å². The molecule has 1 saturated heterocycles. The minimum atomic E-state index is -1.19. The number of imide groups is 1. The Bertz CT molecular complexity index is 1710. The number of hydrogen-bond acceptors (Lipinski definition) is 4. The summed E-state index contributed by atoms with van der Waals surface area (Å²) < 4.78 is 0. The van der Waals surface area contributed by atoms with Gasteiger partial charge in [0.1, 0.15) is 18.1 Å². The molecule has 3 N–H and O–H groups in total. The molecule has 3 aromatic carbocycles. The molecular weight excluding hydrogens is 520 g/mol. The fraction of sp³-hybridized carbons (Fsp3) is 0.250. The lowest BCUT2D eigenvalue weighted by molar-refractivity contribution is -0.138. The summed E-state index contributed by atoms with van der Waals surface area (Å²) in [5, 5.41) is 12.7. The largest absolute Gasteiger partial charge is 0.480 e. The highest BCUT2D eigenvalue weighted by Gasteiger charge is 2.53. The molecular formula is C32H30N4O5. The van der Waals surface area contributed by atoms with Crippen LogP contribution >= 0.6 is 0 Å². The van der Waals surface area contributed by atoms with Crippen LogP contribution in [0.15, 0.2) is 72.8 Å². The number of aromatic nitrogens is 1. The van der Waals surface area contributed by atoms with Gasteiger partial charge in [0.05, 0.1) is 11.3 Å². The van der Waals surface area contributed by atoms with Gasteiger partial charge in [-0.25, -0.2) is 9.69 Å². The quantitative estimate of drug-likeness (QED) is 0.292. The van der Waals surface area contributed by atoms with E-state index in [1.165, 1.54) is 24.6 Å². The van der Waals surface area contributed by atoms with Crippen LogP contribution in [0.2, 0.25) is 0 Å². The van der Waals surface area contributed by atoms with Gasteiger partial charge in [0.25, 0.3) is 11.8 Å². The number of H-pyrrole nitrogens is 1. The molecule has 2 aliphatic rings. The zero-order valence-corrected chi connectivity index (χ0v) is 22.9. The molecule has 4 aromatic rings. The molecule has 2 aliphatic heterocycles. The number of nitrogens with one attached hydrogen (secondary N) is 2. The van der Waals surface area contributed by atoms with Gasteiger partial charge in [-0.05, 0) is 47.7 Å². The summed E-state index contributed by atoms with van der Waals surface area (Å²) >= 11 is 0. The number of benzene rings is 3. The SMILES string of the molecule is CC(C)c1ccc(C2c3[nH]c4ccccc4c3C[C@H]3C(=O)N(c4ccccc4C(=O)N[C@@H](C)C(=O)O)C(=O)N23)cc1. The van der Waals surface area contributed by atoms with E-state index in [-0.39, 0.29) is 11.3 Å². The number of carboxylic acids is 1. The van der Waals surface area contributed by atoms with Gasteiger partial charge >= 0.3 is 12.0 Å². The molecule has 208 valence electrons. The number of amides is 4. The van der Waals surface area contributed by atoms with Crippen molar-refractivity contribution in [2.24, 2.45) is 0 Å². The van der Waals surface area contributed by atoms with E-state index in [1.807, 2.05) is 36.4 Å². The number of hydrogen-bond donors (Lipinski definition) is 3. The second-order valence-electron chi connectivity index (χ2n) is 10.9. The number of para-hydroxylation sites is 2. The van der Waals surface area contributed by atoms with Crippen molar-refractivity contribution in [3.05, 3.63) is 101 Å². The van der Waals surface area contributed by atoms with Gasteiger partial charge in [0.15, 0.2) is 0 Å². The van der Waals surface area contributed by atoms with Crippen molar-refractivity contribution in [1.82, 2.24) is 15.2 Å². The minimum absolute atomic E-state index is 0.0453. The first-order valence-corrected chi connectivity index (χ1v) is 13.7. The van der Waals surface area contributed by atoms with Crippen LogP contribution in [0.4, 0.5) is 10.5 Å². The molecule has 0 spiro atoms. The number of carbonyl (C=O) groups is 4. The van der Waals surface area contributed by atoms with Crippen molar-refractivity contribution in [2.75, 3.05) is 4.90 Å². The number of anilines is 1. The molecule has 4 amide bonds. The van der Waals surface area contributed by atoms with Crippen molar-refractivity contribution >= 4 is 40.4 Å². The van der Waals surface area contributed by atoms with Crippen molar-refractivity contribution in [2.45, 2.75) is 51.2 Å². The molecule has 1 fully saturated rings. The normalized spacial score (nSPS) is 18.9. The average Bonchev–Trinajstić information content (AvgIpc) is 3.46. The standard InChI is InChI=1S/C32H30N4O5/c1-17(2)19-12-14-20(15-13-19)28-27-23(21-8-4-6-10-24(21)34-27)16-26-30(38)36(32(41)35(26)28)25-11-7-5-9-22(25)29(37)33-18(3)31(39)40/h4-15,17-18,26,28,34H,16H2,1-3H3,(H,33,37)(H,39,40)/t18-,26-,28?/m0/s1. The Hall–Kier alpha value is -4.92. The molecule has 3 heterocycles. The predicted molar refractivity (Wildman–Crippen MR) is 154 cm³/mol. The maximum atomic E-state index is 14.2. The zero-order valence-electron chi connectivity index (χ0n) is 22.9. The van der Waals surface area contributed by atoms with E-state index in [1.54, 1.807) is 17.0 Å². The molecule has 0 saturated carbocycles. The zero-order chi connectivity index (χ0) is 29.0. The van der Waals surface area contributed by atoms with E-state index in [9.17, 15) is 24.3 Å². The number of aromatic amines is 1. The lowest BCUT2D eigenvalue weighted by atomic mass is 9.88. The first-order chi connectivity index (χ1) is 19.7. The number of rotatable bonds is 6. The summed E-state index contributed by atoms with van der Waals surface area (Å²) in [7, 11) is 0. The van der Waals surface area contributed by atoms with Crippen LogP contribution in [-0.2, 0) is 16.0 Å².